The highest BCUT2D eigenvalue weighted by molar-refractivity contribution is 5.95. The van der Waals surface area contributed by atoms with E-state index in [9.17, 15) is 4.79 Å². The van der Waals surface area contributed by atoms with Crippen molar-refractivity contribution in [3.63, 3.8) is 0 Å². The zero-order valence-electron chi connectivity index (χ0n) is 20.5. The van der Waals surface area contributed by atoms with E-state index in [0.717, 1.165) is 55.6 Å². The highest BCUT2D eigenvalue weighted by Gasteiger charge is 2.29. The fraction of sp³-hybridized carbons (Fsp3) is 0.333. The third kappa shape index (κ3) is 3.34. The van der Waals surface area contributed by atoms with Gasteiger partial charge < -0.3 is 15.1 Å². The number of aryl methyl sites for hydroxylation is 1. The van der Waals surface area contributed by atoms with Crippen molar-refractivity contribution in [2.75, 3.05) is 43.4 Å². The molecule has 3 aromatic heterocycles. The summed E-state index contributed by atoms with van der Waals surface area (Å²) in [6.45, 7) is 6.12. The van der Waals surface area contributed by atoms with Gasteiger partial charge in [0.25, 0.3) is 5.56 Å². The highest BCUT2D eigenvalue weighted by atomic mass is 16.1. The monoisotopic (exact) mass is 480 g/mol. The normalized spacial score (nSPS) is 16.9. The maximum absolute atomic E-state index is 13.6. The lowest BCUT2D eigenvalue weighted by atomic mass is 10.1. The number of hydrogen-bond acceptors (Lipinski definition) is 7. The number of anilines is 3. The van der Waals surface area contributed by atoms with Gasteiger partial charge in [0.1, 0.15) is 5.39 Å². The van der Waals surface area contributed by atoms with Crippen LogP contribution >= 0.6 is 0 Å². The lowest BCUT2D eigenvalue weighted by Crippen LogP contribution is -2.45. The molecule has 0 atom stereocenters. The van der Waals surface area contributed by atoms with E-state index in [-0.39, 0.29) is 5.56 Å². The molecule has 5 aromatic rings. The molecule has 0 unspecified atom stereocenters. The lowest BCUT2D eigenvalue weighted by Gasteiger charge is -2.36. The number of nitrogens with one attached hydrogen (secondary N) is 1. The van der Waals surface area contributed by atoms with Gasteiger partial charge in [-0.25, -0.2) is 9.97 Å². The number of benzene rings is 2. The Morgan fingerprint density at radius 1 is 0.944 bits per heavy atom. The summed E-state index contributed by atoms with van der Waals surface area (Å²) in [6, 6.07) is 14.6. The Labute approximate surface area is 208 Å². The minimum atomic E-state index is -0.127. The van der Waals surface area contributed by atoms with Gasteiger partial charge in [-0.05, 0) is 50.6 Å². The first-order valence-electron chi connectivity index (χ1n) is 12.6. The molecule has 1 N–H and O–H groups in total. The maximum Gasteiger partial charge on any atom is 0.284 e. The molecule has 9 nitrogen and oxygen atoms in total. The first kappa shape index (κ1) is 21.3. The summed E-state index contributed by atoms with van der Waals surface area (Å²) in [4.78, 5) is 32.5. The number of hydrogen-bond donors (Lipinski definition) is 1. The van der Waals surface area contributed by atoms with Crippen LogP contribution < -0.4 is 15.8 Å². The van der Waals surface area contributed by atoms with Crippen LogP contribution in [0.3, 0.4) is 0 Å². The van der Waals surface area contributed by atoms with Crippen molar-refractivity contribution in [2.24, 2.45) is 0 Å². The molecule has 0 bridgehead atoms. The van der Waals surface area contributed by atoms with Crippen LogP contribution in [0.5, 0.6) is 0 Å². The molecule has 1 saturated heterocycles. The Hall–Kier alpha value is -3.98. The fourth-order valence-electron chi connectivity index (χ4n) is 5.38. The summed E-state index contributed by atoms with van der Waals surface area (Å²) in [5.74, 6) is 0.436. The van der Waals surface area contributed by atoms with Crippen LogP contribution in [-0.4, -0.2) is 62.3 Å². The largest absolute Gasteiger partial charge is 0.367 e. The SMILES string of the molecule is Cc1cccc(Nc2ncc3c(=O)n4c(nc3n2)c2ccccc2n4C2CC2)c1N1CCN(C)CC1. The molecule has 0 amide bonds. The summed E-state index contributed by atoms with van der Waals surface area (Å²) >= 11 is 0. The third-order valence-corrected chi connectivity index (χ3v) is 7.41. The highest BCUT2D eigenvalue weighted by Crippen LogP contribution is 2.38. The van der Waals surface area contributed by atoms with Crippen LogP contribution in [0.15, 0.2) is 53.5 Å². The number of rotatable bonds is 4. The van der Waals surface area contributed by atoms with Crippen LogP contribution in [0.1, 0.15) is 24.4 Å². The van der Waals surface area contributed by atoms with Gasteiger partial charge >= 0.3 is 0 Å². The van der Waals surface area contributed by atoms with Crippen molar-refractivity contribution in [1.82, 2.24) is 29.0 Å². The van der Waals surface area contributed by atoms with Gasteiger partial charge in [-0.15, -0.1) is 0 Å². The Balaban J connectivity index is 1.34. The second kappa shape index (κ2) is 8.03. The van der Waals surface area contributed by atoms with Gasteiger partial charge in [0, 0.05) is 37.8 Å². The van der Waals surface area contributed by atoms with Crippen LogP contribution in [0.2, 0.25) is 0 Å². The molecule has 1 aliphatic carbocycles. The maximum atomic E-state index is 13.6. The second-order valence-electron chi connectivity index (χ2n) is 9.96. The lowest BCUT2D eigenvalue weighted by molar-refractivity contribution is 0.313. The number of para-hydroxylation sites is 2. The van der Waals surface area contributed by atoms with Gasteiger partial charge in [0.15, 0.2) is 11.3 Å². The predicted molar refractivity (Wildman–Crippen MR) is 142 cm³/mol. The van der Waals surface area contributed by atoms with E-state index in [0.29, 0.717) is 28.7 Å². The van der Waals surface area contributed by atoms with Crippen molar-refractivity contribution < 1.29 is 0 Å². The molecule has 7 rings (SSSR count). The molecule has 1 saturated carbocycles. The Bertz CT molecular complexity index is 1690. The molecular formula is C27H28N8O. The molecule has 182 valence electrons. The molecular weight excluding hydrogens is 452 g/mol. The zero-order valence-corrected chi connectivity index (χ0v) is 20.5. The van der Waals surface area contributed by atoms with Gasteiger partial charge in [-0.2, -0.15) is 9.50 Å². The first-order chi connectivity index (χ1) is 17.6. The fourth-order valence-corrected chi connectivity index (χ4v) is 5.38. The molecule has 36 heavy (non-hydrogen) atoms. The van der Waals surface area contributed by atoms with Gasteiger partial charge in [-0.1, -0.05) is 24.3 Å². The van der Waals surface area contributed by atoms with Crippen molar-refractivity contribution in [3.05, 3.63) is 64.6 Å². The topological polar surface area (TPSA) is 83.6 Å². The quantitative estimate of drug-likeness (QED) is 0.420. The van der Waals surface area contributed by atoms with Gasteiger partial charge in [0.2, 0.25) is 5.95 Å². The first-order valence-corrected chi connectivity index (χ1v) is 12.6. The summed E-state index contributed by atoms with van der Waals surface area (Å²) in [7, 11) is 2.16. The summed E-state index contributed by atoms with van der Waals surface area (Å²) in [6.07, 6.45) is 3.75. The van der Waals surface area contributed by atoms with E-state index >= 15 is 0 Å². The minimum absolute atomic E-state index is 0.127. The van der Waals surface area contributed by atoms with Crippen LogP contribution in [0.25, 0.3) is 27.6 Å². The molecule has 4 heterocycles. The van der Waals surface area contributed by atoms with E-state index in [1.165, 1.54) is 11.3 Å². The van der Waals surface area contributed by atoms with Crippen molar-refractivity contribution >= 4 is 44.9 Å². The second-order valence-corrected chi connectivity index (χ2v) is 9.96. The van der Waals surface area contributed by atoms with Gasteiger partial charge in [-0.3, -0.25) is 9.48 Å². The van der Waals surface area contributed by atoms with E-state index < -0.39 is 0 Å². The average Bonchev–Trinajstić information content (AvgIpc) is 3.67. The molecule has 0 radical (unpaired) electrons. The standard InChI is InChI=1S/C27H28N8O/c1-17-6-5-8-21(23(17)33-14-12-32(2)13-15-33)29-27-28-16-20-24(31-27)30-25-19-7-3-4-9-22(19)34(18-10-11-18)35(25)26(20)36/h3-9,16,18H,10-15H2,1-2H3,(H,28,29,31). The smallest absolute Gasteiger partial charge is 0.284 e. The molecule has 0 spiro atoms. The number of piperazine rings is 1. The Morgan fingerprint density at radius 3 is 2.56 bits per heavy atom. The van der Waals surface area contributed by atoms with Crippen LogP contribution in [-0.2, 0) is 0 Å². The predicted octanol–water partition coefficient (Wildman–Crippen LogP) is 3.73. The van der Waals surface area contributed by atoms with E-state index in [1.807, 2.05) is 24.3 Å². The van der Waals surface area contributed by atoms with Gasteiger partial charge in [0.05, 0.1) is 22.9 Å². The van der Waals surface area contributed by atoms with Crippen LogP contribution in [0.4, 0.5) is 17.3 Å². The van der Waals surface area contributed by atoms with E-state index in [1.54, 1.807) is 10.7 Å². The number of aromatic nitrogens is 5. The van der Waals surface area contributed by atoms with E-state index in [4.69, 9.17) is 9.97 Å². The Morgan fingerprint density at radius 2 is 1.75 bits per heavy atom. The minimum Gasteiger partial charge on any atom is -0.367 e. The molecule has 2 aliphatic rings. The summed E-state index contributed by atoms with van der Waals surface area (Å²) in [5, 5.41) is 4.81. The summed E-state index contributed by atoms with van der Waals surface area (Å²) in [5.41, 5.74) is 5.29. The van der Waals surface area contributed by atoms with Crippen molar-refractivity contribution in [3.8, 4) is 0 Å². The van der Waals surface area contributed by atoms with Crippen LogP contribution in [0, 0.1) is 6.92 Å². The number of fused-ring (bicyclic) bond motifs is 4. The number of likely N-dealkylation sites (N-methyl/N-ethyl adjacent to an activating group) is 1. The molecule has 9 heteroatoms. The average molecular weight is 481 g/mol. The molecule has 1 aliphatic heterocycles. The van der Waals surface area contributed by atoms with E-state index in [2.05, 4.69) is 57.0 Å². The third-order valence-electron chi connectivity index (χ3n) is 7.41. The zero-order chi connectivity index (χ0) is 24.4. The Kier molecular flexibility index (Phi) is 4.75. The number of nitrogens with zero attached hydrogens (tertiary/aromatic N) is 7. The molecule has 2 fully saturated rings. The van der Waals surface area contributed by atoms with Crippen molar-refractivity contribution in [2.45, 2.75) is 25.8 Å². The summed E-state index contributed by atoms with van der Waals surface area (Å²) < 4.78 is 3.81. The molecule has 2 aromatic carbocycles. The van der Waals surface area contributed by atoms with Crippen molar-refractivity contribution in [1.29, 1.82) is 0 Å².